The Hall–Kier alpha value is -1.11. The Morgan fingerprint density at radius 2 is 2.27 bits per heavy atom. The zero-order chi connectivity index (χ0) is 16.1. The normalized spacial score (nSPS) is 19.2. The number of benzene rings is 1. The first kappa shape index (κ1) is 17.2. The van der Waals surface area contributed by atoms with Crippen LogP contribution in [0.15, 0.2) is 22.7 Å². The lowest BCUT2D eigenvalue weighted by molar-refractivity contribution is -0.0175. The first-order valence-electron chi connectivity index (χ1n) is 7.49. The van der Waals surface area contributed by atoms with Crippen LogP contribution in [0.4, 0.5) is 0 Å². The number of rotatable bonds is 5. The number of morpholine rings is 1. The monoisotopic (exact) mass is 370 g/mol. The van der Waals surface area contributed by atoms with Crippen LogP contribution in [0.25, 0.3) is 0 Å². The maximum atomic E-state index is 12.3. The molecule has 0 bridgehead atoms. The lowest BCUT2D eigenvalue weighted by Crippen LogP contribution is -2.45. The molecule has 0 spiro atoms. The summed E-state index contributed by atoms with van der Waals surface area (Å²) in [6, 6.07) is 5.40. The van der Waals surface area contributed by atoms with Gasteiger partial charge in [0.15, 0.2) is 0 Å². The number of halogens is 1. The molecule has 0 saturated carbocycles. The van der Waals surface area contributed by atoms with Crippen molar-refractivity contribution >= 4 is 21.8 Å². The van der Waals surface area contributed by atoms with E-state index in [1.54, 1.807) is 12.1 Å². The fourth-order valence-corrected chi connectivity index (χ4v) is 2.81. The number of carbonyl (C=O) groups excluding carboxylic acids is 1. The Labute approximate surface area is 140 Å². The molecule has 5 nitrogen and oxygen atoms in total. The number of nitrogens with zero attached hydrogens (tertiary/aromatic N) is 1. The van der Waals surface area contributed by atoms with Crippen LogP contribution in [0.5, 0.6) is 5.75 Å². The van der Waals surface area contributed by atoms with Gasteiger partial charge in [-0.2, -0.15) is 0 Å². The Morgan fingerprint density at radius 1 is 1.50 bits per heavy atom. The van der Waals surface area contributed by atoms with E-state index in [1.807, 2.05) is 19.9 Å². The predicted molar refractivity (Wildman–Crippen MR) is 89.5 cm³/mol. The van der Waals surface area contributed by atoms with Crippen molar-refractivity contribution in [3.63, 3.8) is 0 Å². The maximum Gasteiger partial charge on any atom is 0.251 e. The van der Waals surface area contributed by atoms with E-state index in [0.29, 0.717) is 24.5 Å². The molecule has 1 aliphatic heterocycles. The lowest BCUT2D eigenvalue weighted by Gasteiger charge is -2.30. The van der Waals surface area contributed by atoms with E-state index in [1.165, 1.54) is 0 Å². The summed E-state index contributed by atoms with van der Waals surface area (Å²) < 4.78 is 12.1. The van der Waals surface area contributed by atoms with Crippen LogP contribution in [-0.4, -0.2) is 56.3 Å². The van der Waals surface area contributed by atoms with Crippen molar-refractivity contribution in [2.75, 3.05) is 33.3 Å². The van der Waals surface area contributed by atoms with Gasteiger partial charge in [0.05, 0.1) is 18.8 Å². The summed E-state index contributed by atoms with van der Waals surface area (Å²) in [5.41, 5.74) is 0.578. The average Bonchev–Trinajstić information content (AvgIpc) is 2.43. The number of nitrogens with one attached hydrogen (secondary N) is 1. The number of ether oxygens (including phenoxy) is 2. The fraction of sp³-hybridized carbons (Fsp3) is 0.562. The number of carbonyl (C=O) groups is 1. The van der Waals surface area contributed by atoms with Gasteiger partial charge in [0.2, 0.25) is 0 Å². The van der Waals surface area contributed by atoms with Crippen molar-refractivity contribution in [1.29, 1.82) is 0 Å². The maximum absolute atomic E-state index is 12.3. The van der Waals surface area contributed by atoms with Crippen LogP contribution in [0.1, 0.15) is 24.2 Å². The Morgan fingerprint density at radius 3 is 2.95 bits per heavy atom. The second kappa shape index (κ2) is 7.94. The summed E-state index contributed by atoms with van der Waals surface area (Å²) in [6.45, 7) is 6.90. The third kappa shape index (κ3) is 5.26. The van der Waals surface area contributed by atoms with Crippen molar-refractivity contribution in [1.82, 2.24) is 10.2 Å². The highest BCUT2D eigenvalue weighted by molar-refractivity contribution is 9.10. The van der Waals surface area contributed by atoms with Gasteiger partial charge in [-0.1, -0.05) is 15.9 Å². The summed E-state index contributed by atoms with van der Waals surface area (Å²) in [5, 5.41) is 2.93. The molecule has 1 amide bonds. The lowest BCUT2D eigenvalue weighted by atomic mass is 10.2. The van der Waals surface area contributed by atoms with Crippen LogP contribution >= 0.6 is 15.9 Å². The molecular formula is C16H23BrN2O3. The number of amides is 1. The van der Waals surface area contributed by atoms with E-state index in [-0.39, 0.29) is 18.1 Å². The zero-order valence-corrected chi connectivity index (χ0v) is 14.9. The van der Waals surface area contributed by atoms with Crippen LogP contribution in [-0.2, 0) is 4.74 Å². The number of hydrogen-bond donors (Lipinski definition) is 1. The highest BCUT2D eigenvalue weighted by Crippen LogP contribution is 2.22. The molecule has 0 aliphatic carbocycles. The quantitative estimate of drug-likeness (QED) is 0.863. The minimum absolute atomic E-state index is 0.0428. The molecule has 0 radical (unpaired) electrons. The van der Waals surface area contributed by atoms with E-state index >= 15 is 0 Å². The zero-order valence-electron chi connectivity index (χ0n) is 13.3. The molecular weight excluding hydrogens is 348 g/mol. The van der Waals surface area contributed by atoms with E-state index < -0.39 is 0 Å². The molecule has 1 aromatic rings. The first-order chi connectivity index (χ1) is 10.4. The number of likely N-dealkylation sites (N-methyl/N-ethyl adjacent to an activating group) is 1. The first-order valence-corrected chi connectivity index (χ1v) is 8.29. The standard InChI is InChI=1S/C16H23BrN2O3/c1-11(2)22-14-7-12(6-13(17)8-14)16(20)18-9-15-10-19(3)4-5-21-15/h6-8,11,15H,4-5,9-10H2,1-3H3,(H,18,20). The Kier molecular flexibility index (Phi) is 6.23. The van der Waals surface area contributed by atoms with Gasteiger partial charge in [0.1, 0.15) is 5.75 Å². The molecule has 1 aliphatic rings. The van der Waals surface area contributed by atoms with Gasteiger partial charge in [-0.3, -0.25) is 4.79 Å². The highest BCUT2D eigenvalue weighted by atomic mass is 79.9. The SMILES string of the molecule is CC(C)Oc1cc(Br)cc(C(=O)NCC2CN(C)CCO2)c1. The minimum Gasteiger partial charge on any atom is -0.491 e. The van der Waals surface area contributed by atoms with Crippen molar-refractivity contribution in [3.05, 3.63) is 28.2 Å². The molecule has 22 heavy (non-hydrogen) atoms. The summed E-state index contributed by atoms with van der Waals surface area (Å²) >= 11 is 3.42. The van der Waals surface area contributed by atoms with Crippen molar-refractivity contribution < 1.29 is 14.3 Å². The number of hydrogen-bond acceptors (Lipinski definition) is 4. The van der Waals surface area contributed by atoms with E-state index in [9.17, 15) is 4.79 Å². The Balaban J connectivity index is 1.95. The molecule has 1 atom stereocenters. The highest BCUT2D eigenvalue weighted by Gasteiger charge is 2.19. The van der Waals surface area contributed by atoms with Crippen molar-refractivity contribution in [2.24, 2.45) is 0 Å². The Bertz CT molecular complexity index is 522. The second-order valence-corrected chi connectivity index (χ2v) is 6.72. The fourth-order valence-electron chi connectivity index (χ4n) is 2.33. The van der Waals surface area contributed by atoms with Gasteiger partial charge in [-0.15, -0.1) is 0 Å². The van der Waals surface area contributed by atoms with Crippen LogP contribution < -0.4 is 10.1 Å². The van der Waals surface area contributed by atoms with E-state index in [4.69, 9.17) is 9.47 Å². The van der Waals surface area contributed by atoms with E-state index in [0.717, 1.165) is 17.6 Å². The second-order valence-electron chi connectivity index (χ2n) is 5.81. The molecule has 1 saturated heterocycles. The molecule has 6 heteroatoms. The third-order valence-corrected chi connectivity index (χ3v) is 3.80. The molecule has 1 heterocycles. The van der Waals surface area contributed by atoms with Gasteiger partial charge >= 0.3 is 0 Å². The molecule has 0 aromatic heterocycles. The van der Waals surface area contributed by atoms with Crippen molar-refractivity contribution in [3.8, 4) is 5.75 Å². The smallest absolute Gasteiger partial charge is 0.251 e. The summed E-state index contributed by atoms with van der Waals surface area (Å²) in [6.07, 6.45) is 0.109. The molecule has 1 unspecified atom stereocenters. The third-order valence-electron chi connectivity index (χ3n) is 3.34. The van der Waals surface area contributed by atoms with Crippen molar-refractivity contribution in [2.45, 2.75) is 26.1 Å². The van der Waals surface area contributed by atoms with Crippen LogP contribution in [0, 0.1) is 0 Å². The van der Waals surface area contributed by atoms with E-state index in [2.05, 4.69) is 33.2 Å². The van der Waals surface area contributed by atoms with Gasteiger partial charge in [-0.25, -0.2) is 0 Å². The average molecular weight is 371 g/mol. The molecule has 2 rings (SSSR count). The minimum atomic E-state index is -0.119. The predicted octanol–water partition coefficient (Wildman–Crippen LogP) is 2.30. The summed E-state index contributed by atoms with van der Waals surface area (Å²) in [5.74, 6) is 0.565. The summed E-state index contributed by atoms with van der Waals surface area (Å²) in [4.78, 5) is 14.5. The molecule has 1 aromatic carbocycles. The topological polar surface area (TPSA) is 50.8 Å². The van der Waals surface area contributed by atoms with Crippen LogP contribution in [0.2, 0.25) is 0 Å². The largest absolute Gasteiger partial charge is 0.491 e. The summed E-state index contributed by atoms with van der Waals surface area (Å²) in [7, 11) is 2.06. The van der Waals surface area contributed by atoms with Crippen LogP contribution in [0.3, 0.4) is 0 Å². The van der Waals surface area contributed by atoms with Gasteiger partial charge in [0.25, 0.3) is 5.91 Å². The van der Waals surface area contributed by atoms with Gasteiger partial charge < -0.3 is 19.7 Å². The van der Waals surface area contributed by atoms with Gasteiger partial charge in [0, 0.05) is 29.7 Å². The molecule has 1 N–H and O–H groups in total. The molecule has 1 fully saturated rings. The van der Waals surface area contributed by atoms with Gasteiger partial charge in [-0.05, 0) is 39.1 Å². The molecule has 122 valence electrons.